The van der Waals surface area contributed by atoms with Crippen molar-refractivity contribution < 1.29 is 4.79 Å². The number of carbonyl (C=O) groups is 1. The van der Waals surface area contributed by atoms with Crippen LogP contribution in [0, 0.1) is 19.8 Å². The predicted molar refractivity (Wildman–Crippen MR) is 82.7 cm³/mol. The van der Waals surface area contributed by atoms with Crippen LogP contribution in [-0.4, -0.2) is 21.7 Å². The lowest BCUT2D eigenvalue weighted by Crippen LogP contribution is -2.33. The van der Waals surface area contributed by atoms with E-state index in [1.807, 2.05) is 48.9 Å². The minimum absolute atomic E-state index is 0.00863. The van der Waals surface area contributed by atoms with E-state index in [4.69, 9.17) is 0 Å². The standard InChI is InChI=1S/C17H21N3O/c1-11-10-12(2)20(19-11)16-8-6-15(7-9-16)17(21)18-13(3)14-4-5-14/h6-10,13-14H,4-5H2,1-3H3,(H,18,21). The van der Waals surface area contributed by atoms with Gasteiger partial charge in [0.25, 0.3) is 5.91 Å². The second-order valence-electron chi connectivity index (χ2n) is 5.99. The van der Waals surface area contributed by atoms with Crippen LogP contribution in [0.2, 0.25) is 0 Å². The molecule has 1 aromatic heterocycles. The van der Waals surface area contributed by atoms with Crippen LogP contribution in [0.3, 0.4) is 0 Å². The van der Waals surface area contributed by atoms with Crippen molar-refractivity contribution in [1.82, 2.24) is 15.1 Å². The van der Waals surface area contributed by atoms with Crippen LogP contribution in [0.25, 0.3) is 5.69 Å². The van der Waals surface area contributed by atoms with Gasteiger partial charge in [-0.15, -0.1) is 0 Å². The second kappa shape index (κ2) is 5.35. The highest BCUT2D eigenvalue weighted by Crippen LogP contribution is 2.32. The molecule has 1 unspecified atom stereocenters. The Morgan fingerprint density at radius 1 is 1.29 bits per heavy atom. The van der Waals surface area contributed by atoms with Crippen molar-refractivity contribution in [3.8, 4) is 5.69 Å². The van der Waals surface area contributed by atoms with Crippen molar-refractivity contribution in [2.45, 2.75) is 39.7 Å². The Balaban J connectivity index is 1.74. The van der Waals surface area contributed by atoms with Crippen LogP contribution in [0.5, 0.6) is 0 Å². The van der Waals surface area contributed by atoms with Gasteiger partial charge in [-0.2, -0.15) is 5.10 Å². The number of hydrogen-bond acceptors (Lipinski definition) is 2. The van der Waals surface area contributed by atoms with Crippen LogP contribution in [0.4, 0.5) is 0 Å². The lowest BCUT2D eigenvalue weighted by atomic mass is 10.1. The van der Waals surface area contributed by atoms with E-state index in [0.717, 1.165) is 17.1 Å². The number of amides is 1. The van der Waals surface area contributed by atoms with Crippen molar-refractivity contribution in [2.24, 2.45) is 5.92 Å². The van der Waals surface area contributed by atoms with E-state index < -0.39 is 0 Å². The van der Waals surface area contributed by atoms with Gasteiger partial charge in [0.15, 0.2) is 0 Å². The maximum atomic E-state index is 12.2. The molecule has 4 heteroatoms. The number of nitrogens with one attached hydrogen (secondary N) is 1. The number of aromatic nitrogens is 2. The van der Waals surface area contributed by atoms with Gasteiger partial charge >= 0.3 is 0 Å². The number of benzene rings is 1. The van der Waals surface area contributed by atoms with E-state index in [2.05, 4.69) is 17.3 Å². The number of nitrogens with zero attached hydrogens (tertiary/aromatic N) is 2. The quantitative estimate of drug-likeness (QED) is 0.937. The summed E-state index contributed by atoms with van der Waals surface area (Å²) in [5, 5.41) is 7.52. The molecule has 1 aliphatic carbocycles. The van der Waals surface area contributed by atoms with Crippen LogP contribution in [-0.2, 0) is 0 Å². The normalized spacial score (nSPS) is 15.8. The fraction of sp³-hybridized carbons (Fsp3) is 0.412. The van der Waals surface area contributed by atoms with Crippen LogP contribution >= 0.6 is 0 Å². The van der Waals surface area contributed by atoms with Crippen molar-refractivity contribution in [2.75, 3.05) is 0 Å². The minimum Gasteiger partial charge on any atom is -0.349 e. The molecule has 0 aliphatic heterocycles. The van der Waals surface area contributed by atoms with Gasteiger partial charge in [0, 0.05) is 17.3 Å². The van der Waals surface area contributed by atoms with Crippen molar-refractivity contribution >= 4 is 5.91 Å². The molecule has 1 atom stereocenters. The number of aryl methyl sites for hydroxylation is 2. The van der Waals surface area contributed by atoms with Gasteiger partial charge in [-0.05, 0) is 69.9 Å². The Morgan fingerprint density at radius 2 is 1.95 bits per heavy atom. The summed E-state index contributed by atoms with van der Waals surface area (Å²) >= 11 is 0. The van der Waals surface area contributed by atoms with Gasteiger partial charge in [0.2, 0.25) is 0 Å². The van der Waals surface area contributed by atoms with E-state index in [0.29, 0.717) is 11.5 Å². The highest BCUT2D eigenvalue weighted by Gasteiger charge is 2.29. The zero-order valence-electron chi connectivity index (χ0n) is 12.8. The molecular weight excluding hydrogens is 262 g/mol. The van der Waals surface area contributed by atoms with Gasteiger partial charge < -0.3 is 5.32 Å². The van der Waals surface area contributed by atoms with Gasteiger partial charge in [-0.1, -0.05) is 0 Å². The zero-order valence-corrected chi connectivity index (χ0v) is 12.8. The third-order valence-corrected chi connectivity index (χ3v) is 4.07. The molecule has 1 aliphatic rings. The average Bonchev–Trinajstić information content (AvgIpc) is 3.24. The van der Waals surface area contributed by atoms with E-state index in [1.165, 1.54) is 12.8 Å². The summed E-state index contributed by atoms with van der Waals surface area (Å²) < 4.78 is 1.89. The molecule has 110 valence electrons. The van der Waals surface area contributed by atoms with Crippen LogP contribution in [0.1, 0.15) is 41.5 Å². The highest BCUT2D eigenvalue weighted by molar-refractivity contribution is 5.94. The Labute approximate surface area is 125 Å². The summed E-state index contributed by atoms with van der Waals surface area (Å²) in [6, 6.07) is 9.92. The molecule has 0 radical (unpaired) electrons. The maximum absolute atomic E-state index is 12.2. The van der Waals surface area contributed by atoms with E-state index in [1.54, 1.807) is 0 Å². The van der Waals surface area contributed by atoms with Crippen LogP contribution in [0.15, 0.2) is 30.3 Å². The van der Waals surface area contributed by atoms with Gasteiger partial charge in [-0.3, -0.25) is 4.79 Å². The first kappa shape index (κ1) is 13.9. The molecule has 1 fully saturated rings. The van der Waals surface area contributed by atoms with Crippen molar-refractivity contribution in [3.05, 3.63) is 47.3 Å². The number of hydrogen-bond donors (Lipinski definition) is 1. The van der Waals surface area contributed by atoms with Crippen molar-refractivity contribution in [3.63, 3.8) is 0 Å². The lowest BCUT2D eigenvalue weighted by molar-refractivity contribution is 0.0936. The molecule has 4 nitrogen and oxygen atoms in total. The minimum atomic E-state index is 0.00863. The molecular formula is C17H21N3O. The van der Waals surface area contributed by atoms with E-state index in [9.17, 15) is 4.79 Å². The highest BCUT2D eigenvalue weighted by atomic mass is 16.1. The molecule has 3 rings (SSSR count). The van der Waals surface area contributed by atoms with E-state index in [-0.39, 0.29) is 11.9 Å². The summed E-state index contributed by atoms with van der Waals surface area (Å²) in [6.07, 6.45) is 2.47. The topological polar surface area (TPSA) is 46.9 Å². The Bertz CT molecular complexity index is 653. The first-order chi connectivity index (χ1) is 10.0. The lowest BCUT2D eigenvalue weighted by Gasteiger charge is -2.13. The van der Waals surface area contributed by atoms with Crippen molar-refractivity contribution in [1.29, 1.82) is 0 Å². The Kier molecular flexibility index (Phi) is 3.53. The predicted octanol–water partition coefficient (Wildman–Crippen LogP) is 3.02. The molecule has 1 saturated carbocycles. The molecule has 0 bridgehead atoms. The Morgan fingerprint density at radius 3 is 2.48 bits per heavy atom. The molecule has 1 aromatic carbocycles. The summed E-state index contributed by atoms with van der Waals surface area (Å²) in [5.74, 6) is 0.678. The molecule has 2 aromatic rings. The summed E-state index contributed by atoms with van der Waals surface area (Å²) in [4.78, 5) is 12.2. The molecule has 1 heterocycles. The monoisotopic (exact) mass is 283 g/mol. The SMILES string of the molecule is Cc1cc(C)n(-c2ccc(C(=O)NC(C)C3CC3)cc2)n1. The van der Waals surface area contributed by atoms with E-state index >= 15 is 0 Å². The largest absolute Gasteiger partial charge is 0.349 e. The molecule has 21 heavy (non-hydrogen) atoms. The van der Waals surface area contributed by atoms with Gasteiger partial charge in [0.1, 0.15) is 0 Å². The molecule has 1 amide bonds. The van der Waals surface area contributed by atoms with Crippen LogP contribution < -0.4 is 5.32 Å². The zero-order chi connectivity index (χ0) is 15.0. The second-order valence-corrected chi connectivity index (χ2v) is 5.99. The summed E-state index contributed by atoms with van der Waals surface area (Å²) in [5.41, 5.74) is 3.76. The average molecular weight is 283 g/mol. The fourth-order valence-corrected chi connectivity index (χ4v) is 2.65. The molecule has 0 spiro atoms. The summed E-state index contributed by atoms with van der Waals surface area (Å²) in [6.45, 7) is 6.09. The number of rotatable bonds is 4. The smallest absolute Gasteiger partial charge is 0.251 e. The third kappa shape index (κ3) is 2.99. The summed E-state index contributed by atoms with van der Waals surface area (Å²) in [7, 11) is 0. The first-order valence-corrected chi connectivity index (χ1v) is 7.49. The molecule has 1 N–H and O–H groups in total. The van der Waals surface area contributed by atoms with Gasteiger partial charge in [0.05, 0.1) is 11.4 Å². The maximum Gasteiger partial charge on any atom is 0.251 e. The Hall–Kier alpha value is -2.10. The first-order valence-electron chi connectivity index (χ1n) is 7.49. The fourth-order valence-electron chi connectivity index (χ4n) is 2.65. The molecule has 0 saturated heterocycles. The number of carbonyl (C=O) groups excluding carboxylic acids is 1. The third-order valence-electron chi connectivity index (χ3n) is 4.07. The van der Waals surface area contributed by atoms with Gasteiger partial charge in [-0.25, -0.2) is 4.68 Å².